The number of fused-ring (bicyclic) bond motifs is 1. The van der Waals surface area contributed by atoms with E-state index in [9.17, 15) is 8.76 Å². The molecule has 2 heterocycles. The second kappa shape index (κ2) is 6.72. The Morgan fingerprint density at radius 3 is 2.19 bits per heavy atom. The molecule has 0 aliphatic heterocycles. The Bertz CT molecular complexity index is 1160. The number of hydrogen-bond donors (Lipinski definition) is 1. The van der Waals surface area contributed by atoms with Gasteiger partial charge in [0.25, 0.3) is 0 Å². The molecule has 27 heavy (non-hydrogen) atoms. The van der Waals surface area contributed by atoms with Crippen LogP contribution in [0.1, 0.15) is 16.8 Å². The van der Waals surface area contributed by atoms with Gasteiger partial charge in [-0.1, -0.05) is 42.0 Å². The zero-order valence-electron chi connectivity index (χ0n) is 15.3. The van der Waals surface area contributed by atoms with E-state index < -0.39 is 11.1 Å². The van der Waals surface area contributed by atoms with Crippen LogP contribution < -0.4 is 0 Å². The van der Waals surface area contributed by atoms with E-state index in [0.717, 1.165) is 39.3 Å². The molecule has 0 spiro atoms. The molecular weight excluding hydrogens is 358 g/mol. The number of aryl methyl sites for hydroxylation is 3. The molecule has 2 aromatic heterocycles. The molecular formula is C21H19N3O2S. The van der Waals surface area contributed by atoms with Crippen molar-refractivity contribution in [2.75, 3.05) is 0 Å². The van der Waals surface area contributed by atoms with Crippen molar-refractivity contribution in [3.63, 3.8) is 0 Å². The van der Waals surface area contributed by atoms with Gasteiger partial charge in [-0.05, 0) is 44.0 Å². The number of nitrogens with zero attached hydrogens (tertiary/aromatic N) is 3. The third-order valence-corrected chi connectivity index (χ3v) is 5.47. The summed E-state index contributed by atoms with van der Waals surface area (Å²) in [5.41, 5.74) is 7.76. The maximum absolute atomic E-state index is 11.3. The van der Waals surface area contributed by atoms with Crippen LogP contribution in [0.5, 0.6) is 0 Å². The minimum atomic E-state index is -2.00. The number of benzene rings is 2. The van der Waals surface area contributed by atoms with E-state index in [1.165, 1.54) is 5.56 Å². The SMILES string of the molecule is Cc1ccc(-c2c(-c3ccc(S(=O)O)cc3)nn3c(C)c(C)cnc23)cc1. The van der Waals surface area contributed by atoms with Gasteiger partial charge in [-0.2, -0.15) is 5.10 Å². The summed E-state index contributed by atoms with van der Waals surface area (Å²) in [5.74, 6) is 0. The summed E-state index contributed by atoms with van der Waals surface area (Å²) >= 11 is -2.00. The molecule has 1 N–H and O–H groups in total. The first-order valence-corrected chi connectivity index (χ1v) is 9.69. The van der Waals surface area contributed by atoms with E-state index in [-0.39, 0.29) is 0 Å². The topological polar surface area (TPSA) is 67.5 Å². The fourth-order valence-electron chi connectivity index (χ4n) is 3.10. The summed E-state index contributed by atoms with van der Waals surface area (Å²) < 4.78 is 22.4. The molecule has 4 aromatic rings. The smallest absolute Gasteiger partial charge is 0.186 e. The van der Waals surface area contributed by atoms with Crippen molar-refractivity contribution in [3.8, 4) is 22.4 Å². The summed E-state index contributed by atoms with van der Waals surface area (Å²) in [7, 11) is 0. The lowest BCUT2D eigenvalue weighted by molar-refractivity contribution is 0.564. The first kappa shape index (κ1) is 17.6. The minimum absolute atomic E-state index is 0.365. The van der Waals surface area contributed by atoms with Crippen molar-refractivity contribution in [3.05, 3.63) is 71.5 Å². The lowest BCUT2D eigenvalue weighted by Gasteiger charge is -2.05. The zero-order chi connectivity index (χ0) is 19.1. The van der Waals surface area contributed by atoms with Gasteiger partial charge in [0.05, 0.1) is 10.5 Å². The fourth-order valence-corrected chi connectivity index (χ4v) is 3.47. The van der Waals surface area contributed by atoms with E-state index in [1.54, 1.807) is 12.1 Å². The minimum Gasteiger partial charge on any atom is -0.302 e. The molecule has 0 radical (unpaired) electrons. The van der Waals surface area contributed by atoms with Crippen molar-refractivity contribution in [2.24, 2.45) is 0 Å². The standard InChI is InChI=1S/C21H19N3O2S/c1-13-4-6-16(7-5-13)19-20(17-8-10-18(11-9-17)27(25)26)23-24-15(3)14(2)12-22-21(19)24/h4-12H,1-3H3,(H,25,26). The number of aromatic nitrogens is 3. The molecule has 0 bridgehead atoms. The maximum Gasteiger partial charge on any atom is 0.186 e. The Labute approximate surface area is 160 Å². The summed E-state index contributed by atoms with van der Waals surface area (Å²) in [6.45, 7) is 6.10. The summed E-state index contributed by atoms with van der Waals surface area (Å²) in [6, 6.07) is 15.2. The second-order valence-corrected chi connectivity index (χ2v) is 7.59. The fraction of sp³-hybridized carbons (Fsp3) is 0.143. The average molecular weight is 377 g/mol. The van der Waals surface area contributed by atoms with Gasteiger partial charge < -0.3 is 4.55 Å². The second-order valence-electron chi connectivity index (χ2n) is 6.63. The molecule has 1 atom stereocenters. The molecule has 6 heteroatoms. The predicted octanol–water partition coefficient (Wildman–Crippen LogP) is 4.57. The molecule has 0 saturated heterocycles. The van der Waals surface area contributed by atoms with Gasteiger partial charge in [-0.3, -0.25) is 0 Å². The van der Waals surface area contributed by atoms with Crippen LogP contribution in [-0.4, -0.2) is 23.4 Å². The van der Waals surface area contributed by atoms with Crippen LogP contribution in [-0.2, 0) is 11.1 Å². The maximum atomic E-state index is 11.3. The van der Waals surface area contributed by atoms with Crippen LogP contribution in [0.2, 0.25) is 0 Å². The van der Waals surface area contributed by atoms with E-state index in [2.05, 4.69) is 36.2 Å². The van der Waals surface area contributed by atoms with Gasteiger partial charge in [0.2, 0.25) is 0 Å². The van der Waals surface area contributed by atoms with E-state index in [4.69, 9.17) is 5.10 Å². The molecule has 5 nitrogen and oxygen atoms in total. The molecule has 2 aromatic carbocycles. The van der Waals surface area contributed by atoms with Gasteiger partial charge in [0.15, 0.2) is 16.7 Å². The van der Waals surface area contributed by atoms with Crippen molar-refractivity contribution < 1.29 is 8.76 Å². The van der Waals surface area contributed by atoms with E-state index in [1.807, 2.05) is 36.7 Å². The zero-order valence-corrected chi connectivity index (χ0v) is 16.1. The quantitative estimate of drug-likeness (QED) is 0.531. The first-order chi connectivity index (χ1) is 13.0. The van der Waals surface area contributed by atoms with Crippen molar-refractivity contribution in [1.29, 1.82) is 0 Å². The van der Waals surface area contributed by atoms with E-state index in [0.29, 0.717) is 4.90 Å². The Hall–Kier alpha value is -2.83. The van der Waals surface area contributed by atoms with Crippen LogP contribution >= 0.6 is 0 Å². The van der Waals surface area contributed by atoms with Crippen molar-refractivity contribution in [1.82, 2.24) is 14.6 Å². The van der Waals surface area contributed by atoms with Gasteiger partial charge in [-0.25, -0.2) is 13.7 Å². The van der Waals surface area contributed by atoms with Gasteiger partial charge in [0.1, 0.15) is 5.69 Å². The lowest BCUT2D eigenvalue weighted by atomic mass is 10.0. The summed E-state index contributed by atoms with van der Waals surface area (Å²) in [5, 5.41) is 4.83. The van der Waals surface area contributed by atoms with Gasteiger partial charge in [0, 0.05) is 17.5 Å². The molecule has 0 amide bonds. The normalized spacial score (nSPS) is 12.4. The Morgan fingerprint density at radius 2 is 1.56 bits per heavy atom. The molecule has 4 rings (SSSR count). The van der Waals surface area contributed by atoms with Crippen LogP contribution in [0.4, 0.5) is 0 Å². The molecule has 1 unspecified atom stereocenters. The average Bonchev–Trinajstić information content (AvgIpc) is 3.06. The predicted molar refractivity (Wildman–Crippen MR) is 107 cm³/mol. The Kier molecular flexibility index (Phi) is 4.37. The highest BCUT2D eigenvalue weighted by Crippen LogP contribution is 2.35. The lowest BCUT2D eigenvalue weighted by Crippen LogP contribution is -1.98. The van der Waals surface area contributed by atoms with Gasteiger partial charge >= 0.3 is 0 Å². The Balaban J connectivity index is 2.01. The monoisotopic (exact) mass is 377 g/mol. The molecule has 136 valence electrons. The number of hydrogen-bond acceptors (Lipinski definition) is 3. The third-order valence-electron chi connectivity index (χ3n) is 4.80. The Morgan fingerprint density at radius 1 is 0.926 bits per heavy atom. The van der Waals surface area contributed by atoms with Crippen LogP contribution in [0.25, 0.3) is 28.0 Å². The van der Waals surface area contributed by atoms with Crippen LogP contribution in [0, 0.1) is 20.8 Å². The van der Waals surface area contributed by atoms with E-state index >= 15 is 0 Å². The highest BCUT2D eigenvalue weighted by molar-refractivity contribution is 7.79. The molecule has 0 aliphatic rings. The van der Waals surface area contributed by atoms with Crippen LogP contribution in [0.15, 0.2) is 59.6 Å². The van der Waals surface area contributed by atoms with Crippen molar-refractivity contribution in [2.45, 2.75) is 25.7 Å². The third kappa shape index (κ3) is 3.07. The molecule has 0 aliphatic carbocycles. The summed E-state index contributed by atoms with van der Waals surface area (Å²) in [4.78, 5) is 5.01. The van der Waals surface area contributed by atoms with Crippen LogP contribution in [0.3, 0.4) is 0 Å². The summed E-state index contributed by atoms with van der Waals surface area (Å²) in [6.07, 6.45) is 1.87. The molecule has 0 saturated carbocycles. The largest absolute Gasteiger partial charge is 0.302 e. The first-order valence-electron chi connectivity index (χ1n) is 8.59. The number of rotatable bonds is 3. The molecule has 0 fully saturated rings. The van der Waals surface area contributed by atoms with Crippen molar-refractivity contribution >= 4 is 16.7 Å². The highest BCUT2D eigenvalue weighted by atomic mass is 32.2. The highest BCUT2D eigenvalue weighted by Gasteiger charge is 2.19. The van der Waals surface area contributed by atoms with Gasteiger partial charge in [-0.15, -0.1) is 0 Å².